The number of para-hydroxylation sites is 1. The number of aromatic nitrogens is 2. The molecule has 2 N–H and O–H groups in total. The van der Waals surface area contributed by atoms with Crippen molar-refractivity contribution in [3.05, 3.63) is 23.8 Å². The molecule has 1 fully saturated rings. The van der Waals surface area contributed by atoms with Crippen molar-refractivity contribution in [2.45, 2.75) is 37.5 Å². The molecule has 1 heterocycles. The van der Waals surface area contributed by atoms with E-state index in [0.29, 0.717) is 10.7 Å². The Balaban J connectivity index is 2.06. The molecule has 18 heavy (non-hydrogen) atoms. The molecule has 0 bridgehead atoms. The van der Waals surface area contributed by atoms with Crippen LogP contribution in [0.15, 0.2) is 18.2 Å². The van der Waals surface area contributed by atoms with Gasteiger partial charge in [0.1, 0.15) is 0 Å². The minimum Gasteiger partial charge on any atom is -0.369 e. The van der Waals surface area contributed by atoms with Crippen LogP contribution in [-0.2, 0) is 6.54 Å². The van der Waals surface area contributed by atoms with E-state index in [9.17, 15) is 0 Å². The molecule has 1 aromatic carbocycles. The molecule has 2 aromatic rings. The minimum absolute atomic E-state index is 0.380. The first-order valence-electron chi connectivity index (χ1n) is 6.42. The summed E-state index contributed by atoms with van der Waals surface area (Å²) < 4.78 is 2.57. The predicted molar refractivity (Wildman–Crippen MR) is 79.0 cm³/mol. The van der Waals surface area contributed by atoms with Crippen molar-refractivity contribution < 1.29 is 0 Å². The van der Waals surface area contributed by atoms with E-state index < -0.39 is 0 Å². The van der Waals surface area contributed by atoms with Crippen molar-refractivity contribution in [3.63, 3.8) is 0 Å². The molecule has 1 aliphatic rings. The Kier molecular flexibility index (Phi) is 2.77. The first kappa shape index (κ1) is 11.9. The standard InChI is InChI=1S/C14H19N3S/c1-10-5-3-6-11-12(10)16-13(15)17(11)9-14(18-2)7-4-8-14/h3,5-6H,4,7-9H2,1-2H3,(H2,15,16). The van der Waals surface area contributed by atoms with Gasteiger partial charge in [0.25, 0.3) is 0 Å². The second-order valence-corrected chi connectivity index (χ2v) is 6.51. The Morgan fingerprint density at radius 3 is 2.83 bits per heavy atom. The fourth-order valence-corrected chi connectivity index (χ4v) is 3.71. The van der Waals surface area contributed by atoms with Gasteiger partial charge in [0, 0.05) is 11.3 Å². The highest BCUT2D eigenvalue weighted by atomic mass is 32.2. The Hall–Kier alpha value is -1.16. The summed E-state index contributed by atoms with van der Waals surface area (Å²) >= 11 is 1.97. The van der Waals surface area contributed by atoms with Gasteiger partial charge >= 0.3 is 0 Å². The van der Waals surface area contributed by atoms with E-state index in [1.165, 1.54) is 30.3 Å². The molecule has 96 valence electrons. The lowest BCUT2D eigenvalue weighted by atomic mass is 9.84. The number of hydrogen-bond acceptors (Lipinski definition) is 3. The number of nitrogen functional groups attached to an aromatic ring is 1. The maximum atomic E-state index is 6.11. The van der Waals surface area contributed by atoms with Crippen LogP contribution in [0.1, 0.15) is 24.8 Å². The van der Waals surface area contributed by atoms with Crippen LogP contribution in [0.4, 0.5) is 5.95 Å². The number of fused-ring (bicyclic) bond motifs is 1. The second kappa shape index (κ2) is 4.19. The van der Waals surface area contributed by atoms with Gasteiger partial charge < -0.3 is 10.3 Å². The number of thioether (sulfide) groups is 1. The lowest BCUT2D eigenvalue weighted by molar-refractivity contribution is 0.326. The van der Waals surface area contributed by atoms with Crippen LogP contribution in [-0.4, -0.2) is 20.6 Å². The first-order valence-corrected chi connectivity index (χ1v) is 7.64. The Bertz CT molecular complexity index is 578. The zero-order chi connectivity index (χ0) is 12.8. The average molecular weight is 261 g/mol. The molecule has 0 saturated heterocycles. The molecule has 1 aliphatic carbocycles. The van der Waals surface area contributed by atoms with E-state index in [0.717, 1.165) is 12.1 Å². The van der Waals surface area contributed by atoms with Gasteiger partial charge in [-0.05, 0) is 37.7 Å². The molecule has 3 nitrogen and oxygen atoms in total. The zero-order valence-corrected chi connectivity index (χ0v) is 11.8. The summed E-state index contributed by atoms with van der Waals surface area (Å²) in [5.74, 6) is 0.652. The van der Waals surface area contributed by atoms with Crippen LogP contribution in [0.2, 0.25) is 0 Å². The summed E-state index contributed by atoms with van der Waals surface area (Å²) in [6.45, 7) is 3.08. The molecule has 1 aromatic heterocycles. The maximum Gasteiger partial charge on any atom is 0.201 e. The first-order chi connectivity index (χ1) is 8.65. The fraction of sp³-hybridized carbons (Fsp3) is 0.500. The number of anilines is 1. The van der Waals surface area contributed by atoms with Crippen LogP contribution in [0.5, 0.6) is 0 Å². The fourth-order valence-electron chi connectivity index (χ4n) is 2.76. The van der Waals surface area contributed by atoms with Crippen molar-refractivity contribution in [3.8, 4) is 0 Å². The van der Waals surface area contributed by atoms with Crippen molar-refractivity contribution in [2.75, 3.05) is 12.0 Å². The van der Waals surface area contributed by atoms with E-state index in [4.69, 9.17) is 5.73 Å². The van der Waals surface area contributed by atoms with Crippen LogP contribution in [0.25, 0.3) is 11.0 Å². The van der Waals surface area contributed by atoms with Crippen LogP contribution < -0.4 is 5.73 Å². The molecule has 0 spiro atoms. The van der Waals surface area contributed by atoms with Gasteiger partial charge in [-0.1, -0.05) is 18.6 Å². The number of rotatable bonds is 3. The third kappa shape index (κ3) is 1.70. The van der Waals surface area contributed by atoms with Crippen molar-refractivity contribution >= 4 is 28.7 Å². The summed E-state index contributed by atoms with van der Waals surface area (Å²) in [4.78, 5) is 4.52. The number of imidazole rings is 1. The number of benzene rings is 1. The van der Waals surface area contributed by atoms with Gasteiger partial charge in [-0.2, -0.15) is 11.8 Å². The molecule has 0 aliphatic heterocycles. The molecule has 1 saturated carbocycles. The van der Waals surface area contributed by atoms with Crippen molar-refractivity contribution in [1.29, 1.82) is 0 Å². The summed E-state index contributed by atoms with van der Waals surface area (Å²) in [6, 6.07) is 6.30. The molecule has 0 atom stereocenters. The topological polar surface area (TPSA) is 43.8 Å². The largest absolute Gasteiger partial charge is 0.369 e. The van der Waals surface area contributed by atoms with Crippen LogP contribution in [0, 0.1) is 6.92 Å². The molecule has 0 radical (unpaired) electrons. The van der Waals surface area contributed by atoms with Crippen molar-refractivity contribution in [1.82, 2.24) is 9.55 Å². The summed E-state index contributed by atoms with van der Waals surface area (Å²) in [5.41, 5.74) is 9.53. The Morgan fingerprint density at radius 2 is 2.22 bits per heavy atom. The highest BCUT2D eigenvalue weighted by Crippen LogP contribution is 2.45. The SMILES string of the molecule is CSC1(Cn2c(N)nc3c(C)cccc32)CCC1. The lowest BCUT2D eigenvalue weighted by Crippen LogP contribution is -2.38. The smallest absolute Gasteiger partial charge is 0.201 e. The summed E-state index contributed by atoms with van der Waals surface area (Å²) in [6.07, 6.45) is 6.13. The number of aryl methyl sites for hydroxylation is 1. The van der Waals surface area contributed by atoms with E-state index in [2.05, 4.69) is 40.9 Å². The molecule has 4 heteroatoms. The van der Waals surface area contributed by atoms with Gasteiger partial charge in [-0.25, -0.2) is 4.98 Å². The summed E-state index contributed by atoms with van der Waals surface area (Å²) in [5, 5.41) is 0. The lowest BCUT2D eigenvalue weighted by Gasteiger charge is -2.40. The number of hydrogen-bond donors (Lipinski definition) is 1. The normalized spacial score (nSPS) is 17.9. The average Bonchev–Trinajstić information content (AvgIpc) is 2.62. The molecular formula is C14H19N3S. The van der Waals surface area contributed by atoms with Crippen LogP contribution in [0.3, 0.4) is 0 Å². The van der Waals surface area contributed by atoms with Gasteiger partial charge in [0.15, 0.2) is 0 Å². The van der Waals surface area contributed by atoms with E-state index >= 15 is 0 Å². The molecular weight excluding hydrogens is 242 g/mol. The van der Waals surface area contributed by atoms with E-state index in [1.807, 2.05) is 11.8 Å². The van der Waals surface area contributed by atoms with Gasteiger partial charge in [-0.3, -0.25) is 0 Å². The Labute approximate surface area is 112 Å². The number of nitrogens with zero attached hydrogens (tertiary/aromatic N) is 2. The van der Waals surface area contributed by atoms with Gasteiger partial charge in [0.05, 0.1) is 11.0 Å². The zero-order valence-electron chi connectivity index (χ0n) is 10.9. The minimum atomic E-state index is 0.380. The van der Waals surface area contributed by atoms with Crippen molar-refractivity contribution in [2.24, 2.45) is 0 Å². The molecule has 0 unspecified atom stereocenters. The molecule has 3 rings (SSSR count). The molecule has 0 amide bonds. The second-order valence-electron chi connectivity index (χ2n) is 5.24. The van der Waals surface area contributed by atoms with Gasteiger partial charge in [0.2, 0.25) is 5.95 Å². The third-order valence-corrected chi connectivity index (χ3v) is 5.56. The van der Waals surface area contributed by atoms with E-state index in [-0.39, 0.29) is 0 Å². The third-order valence-electron chi connectivity index (χ3n) is 4.15. The predicted octanol–water partition coefficient (Wildman–Crippen LogP) is 3.21. The van der Waals surface area contributed by atoms with Crippen LogP contribution >= 0.6 is 11.8 Å². The summed E-state index contributed by atoms with van der Waals surface area (Å²) in [7, 11) is 0. The Morgan fingerprint density at radius 1 is 1.44 bits per heavy atom. The quantitative estimate of drug-likeness (QED) is 0.922. The maximum absolute atomic E-state index is 6.11. The highest BCUT2D eigenvalue weighted by molar-refractivity contribution is 8.00. The highest BCUT2D eigenvalue weighted by Gasteiger charge is 2.37. The van der Waals surface area contributed by atoms with Gasteiger partial charge in [-0.15, -0.1) is 0 Å². The number of nitrogens with two attached hydrogens (primary N) is 1. The van der Waals surface area contributed by atoms with E-state index in [1.54, 1.807) is 0 Å². The monoisotopic (exact) mass is 261 g/mol.